The Morgan fingerprint density at radius 1 is 1.10 bits per heavy atom. The van der Waals surface area contributed by atoms with Crippen LogP contribution < -0.4 is 0 Å². The van der Waals surface area contributed by atoms with E-state index in [0.29, 0.717) is 5.56 Å². The van der Waals surface area contributed by atoms with Gasteiger partial charge in [-0.2, -0.15) is 0 Å². The minimum Gasteiger partial charge on any atom is -0.450 e. The third kappa shape index (κ3) is 4.45. The summed E-state index contributed by atoms with van der Waals surface area (Å²) in [5.74, 6) is -0.583. The number of esters is 1. The summed E-state index contributed by atoms with van der Waals surface area (Å²) in [6.45, 7) is 3.99. The summed E-state index contributed by atoms with van der Waals surface area (Å²) in [6.07, 6.45) is -3.64. The minimum atomic E-state index is -1.17. The zero-order valence-corrected chi connectivity index (χ0v) is 16.3. The maximum Gasteiger partial charge on any atom is 0.338 e. The van der Waals surface area contributed by atoms with Gasteiger partial charge in [0, 0.05) is 5.56 Å². The van der Waals surface area contributed by atoms with Crippen molar-refractivity contribution in [2.45, 2.75) is 37.0 Å². The van der Waals surface area contributed by atoms with Gasteiger partial charge in [-0.25, -0.2) is 4.79 Å². The molecule has 2 aliphatic heterocycles. The number of benzene rings is 2. The highest BCUT2D eigenvalue weighted by Crippen LogP contribution is 2.35. The minimum absolute atomic E-state index is 0.169. The van der Waals surface area contributed by atoms with Gasteiger partial charge in [-0.1, -0.05) is 54.6 Å². The number of hydrogen-bond donors (Lipinski definition) is 1. The highest BCUT2D eigenvalue weighted by molar-refractivity contribution is 5.89. The van der Waals surface area contributed by atoms with Crippen molar-refractivity contribution in [2.75, 3.05) is 13.2 Å². The van der Waals surface area contributed by atoms with E-state index in [1.807, 2.05) is 30.3 Å². The predicted molar refractivity (Wildman–Crippen MR) is 106 cm³/mol. The van der Waals surface area contributed by atoms with E-state index in [2.05, 4.69) is 6.58 Å². The molecule has 6 atom stereocenters. The van der Waals surface area contributed by atoms with Crippen LogP contribution in [0.2, 0.25) is 0 Å². The van der Waals surface area contributed by atoms with Crippen LogP contribution in [-0.4, -0.2) is 55.0 Å². The van der Waals surface area contributed by atoms with Crippen LogP contribution in [0.5, 0.6) is 0 Å². The third-order valence-electron chi connectivity index (χ3n) is 5.01. The van der Waals surface area contributed by atoms with Crippen molar-refractivity contribution in [3.8, 4) is 0 Å². The highest BCUT2D eigenvalue weighted by atomic mass is 16.8. The zero-order chi connectivity index (χ0) is 20.9. The lowest BCUT2D eigenvalue weighted by atomic mass is 9.97. The van der Waals surface area contributed by atoms with Gasteiger partial charge in [0.2, 0.25) is 0 Å². The van der Waals surface area contributed by atoms with Crippen molar-refractivity contribution in [3.05, 3.63) is 84.4 Å². The fourth-order valence-electron chi connectivity index (χ4n) is 3.53. The largest absolute Gasteiger partial charge is 0.450 e. The van der Waals surface area contributed by atoms with Gasteiger partial charge in [-0.3, -0.25) is 0 Å². The van der Waals surface area contributed by atoms with Gasteiger partial charge >= 0.3 is 5.97 Å². The van der Waals surface area contributed by atoms with Gasteiger partial charge in [0.05, 0.1) is 18.8 Å². The lowest BCUT2D eigenvalue weighted by molar-refractivity contribution is -0.359. The van der Waals surface area contributed by atoms with E-state index in [4.69, 9.17) is 23.7 Å². The molecule has 0 aliphatic carbocycles. The second-order valence-corrected chi connectivity index (χ2v) is 7.07. The summed E-state index contributed by atoms with van der Waals surface area (Å²) < 4.78 is 28.9. The summed E-state index contributed by atoms with van der Waals surface area (Å²) in [4.78, 5) is 12.6. The molecule has 0 spiro atoms. The Kier molecular flexibility index (Phi) is 6.56. The van der Waals surface area contributed by atoms with Crippen molar-refractivity contribution >= 4 is 5.97 Å². The Hall–Kier alpha value is -2.55. The first kappa shape index (κ1) is 20.7. The van der Waals surface area contributed by atoms with Crippen LogP contribution in [0.1, 0.15) is 22.2 Å². The maximum absolute atomic E-state index is 12.6. The van der Waals surface area contributed by atoms with Gasteiger partial charge in [-0.15, -0.1) is 6.58 Å². The Morgan fingerprint density at radius 3 is 2.50 bits per heavy atom. The average Bonchev–Trinajstić information content (AvgIpc) is 2.80. The number of carbonyl (C=O) groups excluding carboxylic acids is 1. The fraction of sp³-hybridized carbons (Fsp3) is 0.348. The van der Waals surface area contributed by atoms with E-state index in [9.17, 15) is 9.90 Å². The number of carbonyl (C=O) groups is 1. The molecule has 7 nitrogen and oxygen atoms in total. The summed E-state index contributed by atoms with van der Waals surface area (Å²) in [5, 5.41) is 11.1. The molecule has 1 N–H and O–H groups in total. The number of ether oxygens (including phenoxy) is 5. The first-order chi connectivity index (χ1) is 14.7. The van der Waals surface area contributed by atoms with Crippen molar-refractivity contribution in [1.29, 1.82) is 0 Å². The van der Waals surface area contributed by atoms with Crippen molar-refractivity contribution in [3.63, 3.8) is 0 Å². The van der Waals surface area contributed by atoms with Crippen molar-refractivity contribution < 1.29 is 33.6 Å². The monoisotopic (exact) mass is 412 g/mol. The predicted octanol–water partition coefficient (Wildman–Crippen LogP) is 2.61. The van der Waals surface area contributed by atoms with Crippen LogP contribution in [0.3, 0.4) is 0 Å². The molecule has 7 heteroatoms. The van der Waals surface area contributed by atoms with E-state index in [1.165, 1.54) is 0 Å². The van der Waals surface area contributed by atoms with Crippen LogP contribution >= 0.6 is 0 Å². The molecule has 0 saturated carbocycles. The summed E-state index contributed by atoms with van der Waals surface area (Å²) in [6, 6.07) is 18.0. The fourth-order valence-corrected chi connectivity index (χ4v) is 3.53. The number of rotatable bonds is 6. The first-order valence-electron chi connectivity index (χ1n) is 9.81. The Bertz CT molecular complexity index is 841. The average molecular weight is 412 g/mol. The standard InChI is InChI=1S/C23H24O7/c1-2-13-26-23-20(29-21(25)15-9-5-3-6-10-15)18(24)19-17(28-23)14-27-22(30-19)16-11-7-4-8-12-16/h2-12,17-20,22-24H,1,13-14H2/t17-,18+,19-,20-,22-,23-/m1/s1. The summed E-state index contributed by atoms with van der Waals surface area (Å²) in [7, 11) is 0. The van der Waals surface area contributed by atoms with E-state index >= 15 is 0 Å². The third-order valence-corrected chi connectivity index (χ3v) is 5.01. The maximum atomic E-state index is 12.6. The van der Waals surface area contributed by atoms with Crippen LogP contribution in [-0.2, 0) is 23.7 Å². The van der Waals surface area contributed by atoms with E-state index in [1.54, 1.807) is 36.4 Å². The van der Waals surface area contributed by atoms with Gasteiger partial charge in [0.15, 0.2) is 18.7 Å². The molecule has 4 rings (SSSR count). The van der Waals surface area contributed by atoms with E-state index in [0.717, 1.165) is 5.56 Å². The van der Waals surface area contributed by atoms with Crippen LogP contribution in [0.15, 0.2) is 73.3 Å². The molecular weight excluding hydrogens is 388 g/mol. The molecule has 2 heterocycles. The second kappa shape index (κ2) is 9.51. The normalized spacial score (nSPS) is 30.8. The number of fused-ring (bicyclic) bond motifs is 1. The van der Waals surface area contributed by atoms with Gasteiger partial charge in [0.25, 0.3) is 0 Å². The summed E-state index contributed by atoms with van der Waals surface area (Å²) >= 11 is 0. The van der Waals surface area contributed by atoms with Gasteiger partial charge in [-0.05, 0) is 12.1 Å². The molecule has 0 unspecified atom stereocenters. The van der Waals surface area contributed by atoms with Crippen LogP contribution in [0, 0.1) is 0 Å². The molecule has 2 fully saturated rings. The first-order valence-corrected chi connectivity index (χ1v) is 9.81. The smallest absolute Gasteiger partial charge is 0.338 e. The summed E-state index contributed by atoms with van der Waals surface area (Å²) in [5.41, 5.74) is 1.19. The molecule has 2 aromatic carbocycles. The number of aliphatic hydroxyl groups is 1. The Morgan fingerprint density at radius 2 is 1.80 bits per heavy atom. The quantitative estimate of drug-likeness (QED) is 0.577. The molecule has 2 aromatic rings. The van der Waals surface area contributed by atoms with Crippen molar-refractivity contribution in [2.24, 2.45) is 0 Å². The van der Waals surface area contributed by atoms with E-state index in [-0.39, 0.29) is 13.2 Å². The second-order valence-electron chi connectivity index (χ2n) is 7.07. The SMILES string of the molecule is C=CCO[C@@H]1O[C@@H]2CO[C@@H](c3ccccc3)O[C@H]2[C@H](O)[C@H]1OC(=O)c1ccccc1. The lowest BCUT2D eigenvalue weighted by Gasteiger charge is -2.47. The molecule has 0 bridgehead atoms. The Balaban J connectivity index is 1.52. The topological polar surface area (TPSA) is 83.5 Å². The molecule has 0 amide bonds. The molecule has 2 aliphatic rings. The van der Waals surface area contributed by atoms with Crippen LogP contribution in [0.25, 0.3) is 0 Å². The van der Waals surface area contributed by atoms with Crippen molar-refractivity contribution in [1.82, 2.24) is 0 Å². The Labute approximate surface area is 174 Å². The lowest BCUT2D eigenvalue weighted by Crippen LogP contribution is -2.63. The van der Waals surface area contributed by atoms with Gasteiger partial charge in [0.1, 0.15) is 18.3 Å². The number of hydrogen-bond acceptors (Lipinski definition) is 7. The molecule has 0 aromatic heterocycles. The highest BCUT2D eigenvalue weighted by Gasteiger charge is 2.51. The molecule has 0 radical (unpaired) electrons. The number of aliphatic hydroxyl groups excluding tert-OH is 1. The zero-order valence-electron chi connectivity index (χ0n) is 16.3. The molecular formula is C23H24O7. The molecule has 30 heavy (non-hydrogen) atoms. The van der Waals surface area contributed by atoms with Gasteiger partial charge < -0.3 is 28.8 Å². The van der Waals surface area contributed by atoms with E-state index < -0.39 is 43.0 Å². The van der Waals surface area contributed by atoms with Crippen LogP contribution in [0.4, 0.5) is 0 Å². The molecule has 158 valence electrons. The molecule has 2 saturated heterocycles.